The van der Waals surface area contributed by atoms with Crippen LogP contribution in [0.15, 0.2) is 35.5 Å². The molecule has 12 heavy (non-hydrogen) atoms. The van der Waals surface area contributed by atoms with Gasteiger partial charge >= 0.3 is 0 Å². The lowest BCUT2D eigenvalue weighted by Crippen LogP contribution is -1.95. The number of carbonyl (C=O) groups excluding carboxylic acids is 1. The van der Waals surface area contributed by atoms with E-state index in [1.165, 1.54) is 6.26 Å². The van der Waals surface area contributed by atoms with Gasteiger partial charge in [0.1, 0.15) is 0 Å². The minimum atomic E-state index is 0.0712. The predicted octanol–water partition coefficient (Wildman–Crippen LogP) is 2.82. The fourth-order valence-electron chi connectivity index (χ4n) is 0.967. The highest BCUT2D eigenvalue weighted by atomic mass is 16.3. The maximum Gasteiger partial charge on any atom is 0.197 e. The number of carbonyl (C=O) groups is 1. The third kappa shape index (κ3) is 2.38. The van der Waals surface area contributed by atoms with Gasteiger partial charge in [-0.05, 0) is 25.0 Å². The summed E-state index contributed by atoms with van der Waals surface area (Å²) in [5.74, 6) is 0.529. The Bertz CT molecular complexity index is 247. The Balaban J connectivity index is 2.34. The van der Waals surface area contributed by atoms with Crippen LogP contribution in [0, 0.1) is 0 Å². The highest BCUT2D eigenvalue weighted by Gasteiger charge is 2.06. The zero-order valence-corrected chi connectivity index (χ0v) is 6.95. The highest BCUT2D eigenvalue weighted by molar-refractivity contribution is 5.93. The topological polar surface area (TPSA) is 30.2 Å². The quantitative estimate of drug-likeness (QED) is 0.380. The minimum absolute atomic E-state index is 0.0712. The summed E-state index contributed by atoms with van der Waals surface area (Å²) in [5, 5.41) is 0. The molecule has 0 radical (unpaired) electrons. The van der Waals surface area contributed by atoms with E-state index in [1.54, 1.807) is 12.1 Å². The van der Waals surface area contributed by atoms with Crippen LogP contribution in [-0.4, -0.2) is 5.78 Å². The lowest BCUT2D eigenvalue weighted by molar-refractivity contribution is 0.0953. The standard InChI is InChI=1S/C10H12O2/c1-2-3-4-6-9(11)10-7-5-8-12-10/h2,5,7-8H,1,3-4,6H2. The Morgan fingerprint density at radius 2 is 2.50 bits per heavy atom. The van der Waals surface area contributed by atoms with E-state index in [9.17, 15) is 4.79 Å². The maximum atomic E-state index is 11.3. The van der Waals surface area contributed by atoms with E-state index in [0.29, 0.717) is 12.2 Å². The molecule has 0 saturated carbocycles. The summed E-state index contributed by atoms with van der Waals surface area (Å²) in [6.07, 6.45) is 5.60. The maximum absolute atomic E-state index is 11.3. The molecule has 0 saturated heterocycles. The molecular weight excluding hydrogens is 152 g/mol. The van der Waals surface area contributed by atoms with E-state index in [0.717, 1.165) is 12.8 Å². The van der Waals surface area contributed by atoms with E-state index in [-0.39, 0.29) is 5.78 Å². The van der Waals surface area contributed by atoms with E-state index < -0.39 is 0 Å². The lowest BCUT2D eigenvalue weighted by Gasteiger charge is -1.93. The van der Waals surface area contributed by atoms with Gasteiger partial charge in [0.15, 0.2) is 11.5 Å². The first-order valence-electron chi connectivity index (χ1n) is 4.02. The molecular formula is C10H12O2. The Kier molecular flexibility index (Phi) is 3.33. The van der Waals surface area contributed by atoms with Gasteiger partial charge in [-0.25, -0.2) is 0 Å². The van der Waals surface area contributed by atoms with E-state index in [4.69, 9.17) is 4.42 Å². The van der Waals surface area contributed by atoms with Crippen LogP contribution in [0.25, 0.3) is 0 Å². The van der Waals surface area contributed by atoms with E-state index >= 15 is 0 Å². The van der Waals surface area contributed by atoms with Crippen LogP contribution in [0.5, 0.6) is 0 Å². The fourth-order valence-corrected chi connectivity index (χ4v) is 0.967. The molecule has 1 aromatic heterocycles. The number of furan rings is 1. The van der Waals surface area contributed by atoms with Gasteiger partial charge < -0.3 is 4.42 Å². The van der Waals surface area contributed by atoms with Crippen molar-refractivity contribution in [1.82, 2.24) is 0 Å². The molecule has 0 aliphatic carbocycles. The third-order valence-corrected chi connectivity index (χ3v) is 1.61. The lowest BCUT2D eigenvalue weighted by atomic mass is 10.1. The van der Waals surface area contributed by atoms with Gasteiger partial charge in [-0.1, -0.05) is 6.08 Å². The Labute approximate surface area is 71.9 Å². The van der Waals surface area contributed by atoms with Crippen LogP contribution in [0.1, 0.15) is 29.8 Å². The molecule has 0 bridgehead atoms. The molecule has 0 atom stereocenters. The summed E-state index contributed by atoms with van der Waals surface area (Å²) >= 11 is 0. The van der Waals surface area contributed by atoms with Gasteiger partial charge in [0.2, 0.25) is 0 Å². The Morgan fingerprint density at radius 3 is 3.08 bits per heavy atom. The van der Waals surface area contributed by atoms with Crippen LogP contribution < -0.4 is 0 Å². The number of Topliss-reactive ketones (excluding diaryl/α,β-unsaturated/α-hetero) is 1. The average Bonchev–Trinajstić information content (AvgIpc) is 2.56. The van der Waals surface area contributed by atoms with Gasteiger partial charge in [-0.15, -0.1) is 6.58 Å². The second kappa shape index (κ2) is 4.54. The van der Waals surface area contributed by atoms with Gasteiger partial charge in [0.05, 0.1) is 6.26 Å². The van der Waals surface area contributed by atoms with E-state index in [2.05, 4.69) is 6.58 Å². The molecule has 0 unspecified atom stereocenters. The Hall–Kier alpha value is -1.31. The molecule has 1 rings (SSSR count). The van der Waals surface area contributed by atoms with Crippen LogP contribution in [0.3, 0.4) is 0 Å². The summed E-state index contributed by atoms with van der Waals surface area (Å²) in [4.78, 5) is 11.3. The smallest absolute Gasteiger partial charge is 0.197 e. The molecule has 1 heterocycles. The van der Waals surface area contributed by atoms with Crippen LogP contribution in [-0.2, 0) is 0 Å². The number of hydrogen-bond acceptors (Lipinski definition) is 2. The second-order valence-corrected chi connectivity index (χ2v) is 2.58. The van der Waals surface area contributed by atoms with Crippen molar-refractivity contribution < 1.29 is 9.21 Å². The van der Waals surface area contributed by atoms with Gasteiger partial charge in [0.25, 0.3) is 0 Å². The number of ketones is 1. The molecule has 0 spiro atoms. The molecule has 0 aliphatic rings. The zero-order chi connectivity index (χ0) is 8.81. The van der Waals surface area contributed by atoms with Crippen LogP contribution in [0.4, 0.5) is 0 Å². The molecule has 0 aliphatic heterocycles. The van der Waals surface area contributed by atoms with Crippen LogP contribution >= 0.6 is 0 Å². The first-order valence-corrected chi connectivity index (χ1v) is 4.02. The Morgan fingerprint density at radius 1 is 1.67 bits per heavy atom. The van der Waals surface area contributed by atoms with Gasteiger partial charge in [0, 0.05) is 6.42 Å². The van der Waals surface area contributed by atoms with Crippen molar-refractivity contribution in [3.05, 3.63) is 36.8 Å². The van der Waals surface area contributed by atoms with Crippen molar-refractivity contribution >= 4 is 5.78 Å². The average molecular weight is 164 g/mol. The molecule has 0 aromatic carbocycles. The summed E-state index contributed by atoms with van der Waals surface area (Å²) in [6.45, 7) is 3.59. The first kappa shape index (κ1) is 8.78. The molecule has 0 amide bonds. The summed E-state index contributed by atoms with van der Waals surface area (Å²) in [7, 11) is 0. The van der Waals surface area contributed by atoms with Gasteiger partial charge in [-0.3, -0.25) is 4.79 Å². The monoisotopic (exact) mass is 164 g/mol. The SMILES string of the molecule is C=CCCCC(=O)c1ccco1. The fraction of sp³-hybridized carbons (Fsp3) is 0.300. The summed E-state index contributed by atoms with van der Waals surface area (Å²) in [5.41, 5.74) is 0. The van der Waals surface area contributed by atoms with Crippen molar-refractivity contribution in [2.45, 2.75) is 19.3 Å². The normalized spacial score (nSPS) is 9.67. The van der Waals surface area contributed by atoms with E-state index in [1.807, 2.05) is 6.08 Å². The van der Waals surface area contributed by atoms with Gasteiger partial charge in [-0.2, -0.15) is 0 Å². The van der Waals surface area contributed by atoms with Crippen molar-refractivity contribution in [3.63, 3.8) is 0 Å². The number of allylic oxidation sites excluding steroid dienone is 1. The van der Waals surface area contributed by atoms with Crippen molar-refractivity contribution in [1.29, 1.82) is 0 Å². The number of unbranched alkanes of at least 4 members (excludes halogenated alkanes) is 1. The summed E-state index contributed by atoms with van der Waals surface area (Å²) in [6, 6.07) is 3.41. The molecule has 2 heteroatoms. The largest absolute Gasteiger partial charge is 0.461 e. The van der Waals surface area contributed by atoms with Crippen LogP contribution in [0.2, 0.25) is 0 Å². The molecule has 0 N–H and O–H groups in total. The molecule has 0 fully saturated rings. The predicted molar refractivity (Wildman–Crippen MR) is 47.1 cm³/mol. The van der Waals surface area contributed by atoms with Crippen molar-refractivity contribution in [2.24, 2.45) is 0 Å². The highest BCUT2D eigenvalue weighted by Crippen LogP contribution is 2.07. The summed E-state index contributed by atoms with van der Waals surface area (Å²) < 4.78 is 4.95. The second-order valence-electron chi connectivity index (χ2n) is 2.58. The minimum Gasteiger partial charge on any atom is -0.461 e. The molecule has 64 valence electrons. The third-order valence-electron chi connectivity index (χ3n) is 1.61. The molecule has 2 nitrogen and oxygen atoms in total. The van der Waals surface area contributed by atoms with Crippen molar-refractivity contribution in [2.75, 3.05) is 0 Å². The van der Waals surface area contributed by atoms with Crippen molar-refractivity contribution in [3.8, 4) is 0 Å². The number of rotatable bonds is 5. The number of hydrogen-bond donors (Lipinski definition) is 0. The first-order chi connectivity index (χ1) is 5.84. The molecule has 1 aromatic rings. The zero-order valence-electron chi connectivity index (χ0n) is 6.95.